The molecule has 1 rings (SSSR count). The smallest absolute Gasteiger partial charge is 0.306 e. The van der Waals surface area contributed by atoms with Gasteiger partial charge in [0, 0.05) is 12.3 Å². The van der Waals surface area contributed by atoms with Crippen molar-refractivity contribution in [2.75, 3.05) is 0 Å². The molecule has 1 aliphatic rings. The van der Waals surface area contributed by atoms with E-state index in [9.17, 15) is 4.79 Å². The first kappa shape index (κ1) is 12.3. The lowest BCUT2D eigenvalue weighted by Gasteiger charge is -2.28. The summed E-state index contributed by atoms with van der Waals surface area (Å²) in [5.74, 6) is 0.509. The molecule has 1 aliphatic heterocycles. The molecule has 0 bridgehead atoms. The van der Waals surface area contributed by atoms with Crippen molar-refractivity contribution >= 4 is 5.97 Å². The van der Waals surface area contributed by atoms with Gasteiger partial charge in [-0.3, -0.25) is 4.79 Å². The summed E-state index contributed by atoms with van der Waals surface area (Å²) >= 11 is 0. The van der Waals surface area contributed by atoms with E-state index < -0.39 is 0 Å². The minimum atomic E-state index is -0.0338. The molecule has 2 heteroatoms. The molecule has 86 valence electrons. The molecule has 0 radical (unpaired) electrons. The first-order valence-electron chi connectivity index (χ1n) is 6.14. The Bertz CT molecular complexity index is 221. The zero-order valence-corrected chi connectivity index (χ0v) is 9.87. The molecule has 0 aromatic heterocycles. The molecule has 15 heavy (non-hydrogen) atoms. The number of unbranched alkanes of at least 4 members (excludes halogenated alkanes) is 1. The Morgan fingerprint density at radius 1 is 1.40 bits per heavy atom. The van der Waals surface area contributed by atoms with E-state index in [2.05, 4.69) is 26.0 Å². The quantitative estimate of drug-likeness (QED) is 0.513. The zero-order valence-electron chi connectivity index (χ0n) is 9.87. The third kappa shape index (κ3) is 4.06. The Morgan fingerprint density at radius 3 is 2.87 bits per heavy atom. The summed E-state index contributed by atoms with van der Waals surface area (Å²) in [4.78, 5) is 11.2. The van der Waals surface area contributed by atoms with Crippen molar-refractivity contribution in [3.63, 3.8) is 0 Å². The molecule has 0 amide bonds. The highest BCUT2D eigenvalue weighted by Crippen LogP contribution is 2.26. The first-order valence-corrected chi connectivity index (χ1v) is 6.14. The molecular formula is C13H22O2. The van der Waals surface area contributed by atoms with Crippen LogP contribution in [0.4, 0.5) is 0 Å². The monoisotopic (exact) mass is 210 g/mol. The highest BCUT2D eigenvalue weighted by atomic mass is 16.5. The molecule has 0 spiro atoms. The molecule has 2 nitrogen and oxygen atoms in total. The number of esters is 1. The van der Waals surface area contributed by atoms with Gasteiger partial charge in [0.15, 0.2) is 0 Å². The average molecular weight is 210 g/mol. The standard InChI is InChI=1S/C13H22O2/c1-3-5-6-8-12-11(7-4-2)9-10-13(14)15-12/h6,8,11-12H,3-5,7,9-10H2,1-2H3. The summed E-state index contributed by atoms with van der Waals surface area (Å²) in [5.41, 5.74) is 0. The van der Waals surface area contributed by atoms with Gasteiger partial charge < -0.3 is 4.74 Å². The SMILES string of the molecule is CCCC=CC1OC(=O)CCC1CCC. The van der Waals surface area contributed by atoms with Gasteiger partial charge in [-0.2, -0.15) is 0 Å². The van der Waals surface area contributed by atoms with Crippen LogP contribution in [0.15, 0.2) is 12.2 Å². The van der Waals surface area contributed by atoms with Crippen LogP contribution < -0.4 is 0 Å². The van der Waals surface area contributed by atoms with Crippen LogP contribution in [-0.2, 0) is 9.53 Å². The summed E-state index contributed by atoms with van der Waals surface area (Å²) in [7, 11) is 0. The van der Waals surface area contributed by atoms with E-state index in [4.69, 9.17) is 4.74 Å². The number of cyclic esters (lactones) is 1. The molecule has 0 saturated carbocycles. The summed E-state index contributed by atoms with van der Waals surface area (Å²) in [6.07, 6.45) is 10.4. The van der Waals surface area contributed by atoms with Gasteiger partial charge in [0.05, 0.1) is 0 Å². The number of carbonyl (C=O) groups excluding carboxylic acids is 1. The lowest BCUT2D eigenvalue weighted by molar-refractivity contribution is -0.154. The summed E-state index contributed by atoms with van der Waals surface area (Å²) < 4.78 is 5.37. The van der Waals surface area contributed by atoms with Crippen molar-refractivity contribution in [1.29, 1.82) is 0 Å². The Labute approximate surface area is 92.7 Å². The van der Waals surface area contributed by atoms with Crippen LogP contribution in [0, 0.1) is 5.92 Å². The molecule has 1 heterocycles. The molecule has 1 saturated heterocycles. The third-order valence-corrected chi connectivity index (χ3v) is 2.89. The van der Waals surface area contributed by atoms with Crippen LogP contribution in [0.1, 0.15) is 52.4 Å². The second-order valence-corrected chi connectivity index (χ2v) is 4.26. The van der Waals surface area contributed by atoms with Gasteiger partial charge in [-0.05, 0) is 25.3 Å². The van der Waals surface area contributed by atoms with Crippen LogP contribution in [0.2, 0.25) is 0 Å². The van der Waals surface area contributed by atoms with E-state index in [0.29, 0.717) is 12.3 Å². The molecular weight excluding hydrogens is 188 g/mol. The van der Waals surface area contributed by atoms with Gasteiger partial charge >= 0.3 is 5.97 Å². The highest BCUT2D eigenvalue weighted by molar-refractivity contribution is 5.70. The van der Waals surface area contributed by atoms with Crippen molar-refractivity contribution in [1.82, 2.24) is 0 Å². The number of carbonyl (C=O) groups is 1. The molecule has 0 aliphatic carbocycles. The second kappa shape index (κ2) is 6.65. The van der Waals surface area contributed by atoms with E-state index in [0.717, 1.165) is 25.7 Å². The van der Waals surface area contributed by atoms with Crippen molar-refractivity contribution in [3.05, 3.63) is 12.2 Å². The van der Waals surface area contributed by atoms with Crippen LogP contribution in [-0.4, -0.2) is 12.1 Å². The molecule has 0 aromatic carbocycles. The minimum absolute atomic E-state index is 0.0338. The Kier molecular flexibility index (Phi) is 5.44. The van der Waals surface area contributed by atoms with Gasteiger partial charge in [-0.15, -0.1) is 0 Å². The van der Waals surface area contributed by atoms with E-state index in [1.54, 1.807) is 0 Å². The molecule has 0 N–H and O–H groups in total. The fourth-order valence-electron chi connectivity index (χ4n) is 2.05. The number of hydrogen-bond acceptors (Lipinski definition) is 2. The maximum Gasteiger partial charge on any atom is 0.306 e. The lowest BCUT2D eigenvalue weighted by atomic mass is 9.89. The average Bonchev–Trinajstić information content (AvgIpc) is 2.22. The van der Waals surface area contributed by atoms with Gasteiger partial charge in [0.25, 0.3) is 0 Å². The van der Waals surface area contributed by atoms with Crippen molar-refractivity contribution in [3.8, 4) is 0 Å². The minimum Gasteiger partial charge on any atom is -0.458 e. The maximum absolute atomic E-state index is 11.2. The maximum atomic E-state index is 11.2. The van der Waals surface area contributed by atoms with Gasteiger partial charge in [-0.25, -0.2) is 0 Å². The van der Waals surface area contributed by atoms with Crippen LogP contribution >= 0.6 is 0 Å². The van der Waals surface area contributed by atoms with Crippen LogP contribution in [0.3, 0.4) is 0 Å². The first-order chi connectivity index (χ1) is 7.27. The summed E-state index contributed by atoms with van der Waals surface area (Å²) in [6.45, 7) is 4.34. The fourth-order valence-corrected chi connectivity index (χ4v) is 2.05. The van der Waals surface area contributed by atoms with Crippen molar-refractivity contribution in [2.45, 2.75) is 58.5 Å². The fraction of sp³-hybridized carbons (Fsp3) is 0.769. The number of allylic oxidation sites excluding steroid dienone is 1. The van der Waals surface area contributed by atoms with Crippen molar-refractivity contribution < 1.29 is 9.53 Å². The zero-order chi connectivity index (χ0) is 11.1. The van der Waals surface area contributed by atoms with Gasteiger partial charge in [0.2, 0.25) is 0 Å². The summed E-state index contributed by atoms with van der Waals surface area (Å²) in [6, 6.07) is 0. The van der Waals surface area contributed by atoms with Crippen LogP contribution in [0.5, 0.6) is 0 Å². The number of rotatable bonds is 5. The Hall–Kier alpha value is -0.790. The molecule has 2 atom stereocenters. The van der Waals surface area contributed by atoms with E-state index in [-0.39, 0.29) is 12.1 Å². The second-order valence-electron chi connectivity index (χ2n) is 4.26. The largest absolute Gasteiger partial charge is 0.458 e. The van der Waals surface area contributed by atoms with Gasteiger partial charge in [-0.1, -0.05) is 32.8 Å². The lowest BCUT2D eigenvalue weighted by Crippen LogP contribution is -2.30. The third-order valence-electron chi connectivity index (χ3n) is 2.89. The Balaban J connectivity index is 2.49. The van der Waals surface area contributed by atoms with E-state index in [1.165, 1.54) is 6.42 Å². The molecule has 2 unspecified atom stereocenters. The topological polar surface area (TPSA) is 26.3 Å². The van der Waals surface area contributed by atoms with E-state index >= 15 is 0 Å². The number of ether oxygens (including phenoxy) is 1. The van der Waals surface area contributed by atoms with Crippen molar-refractivity contribution in [2.24, 2.45) is 5.92 Å². The molecule has 1 fully saturated rings. The van der Waals surface area contributed by atoms with Crippen LogP contribution in [0.25, 0.3) is 0 Å². The highest BCUT2D eigenvalue weighted by Gasteiger charge is 2.27. The molecule has 0 aromatic rings. The Morgan fingerprint density at radius 2 is 2.20 bits per heavy atom. The van der Waals surface area contributed by atoms with Gasteiger partial charge in [0.1, 0.15) is 6.10 Å². The number of hydrogen-bond donors (Lipinski definition) is 0. The predicted octanol–water partition coefficient (Wildman–Crippen LogP) is 3.46. The summed E-state index contributed by atoms with van der Waals surface area (Å²) in [5, 5.41) is 0. The normalized spacial score (nSPS) is 26.9. The predicted molar refractivity (Wildman–Crippen MR) is 61.6 cm³/mol. The van der Waals surface area contributed by atoms with E-state index in [1.807, 2.05) is 0 Å².